The molecule has 3 N–H and O–H groups in total. The highest BCUT2D eigenvalue weighted by atomic mass is 19.4. The van der Waals surface area contributed by atoms with Crippen LogP contribution < -0.4 is 10.2 Å². The Hall–Kier alpha value is -5.06. The zero-order valence-electron chi connectivity index (χ0n) is 26.0. The number of halogens is 3. The maximum absolute atomic E-state index is 13.2. The molecule has 49 heavy (non-hydrogen) atoms. The lowest BCUT2D eigenvalue weighted by Crippen LogP contribution is -2.40. The molecule has 2 fully saturated rings. The minimum absolute atomic E-state index is 0.0832. The summed E-state index contributed by atoms with van der Waals surface area (Å²) < 4.78 is 53.5. The Bertz CT molecular complexity index is 1840. The molecule has 16 heteroatoms. The van der Waals surface area contributed by atoms with Gasteiger partial charge in [-0.3, -0.25) is 4.57 Å². The van der Waals surface area contributed by atoms with Crippen LogP contribution in [0, 0.1) is 0 Å². The second-order valence-corrected chi connectivity index (χ2v) is 12.0. The molecule has 0 amide bonds. The van der Waals surface area contributed by atoms with Crippen LogP contribution in [0.1, 0.15) is 35.7 Å². The van der Waals surface area contributed by atoms with Gasteiger partial charge >= 0.3 is 12.1 Å². The summed E-state index contributed by atoms with van der Waals surface area (Å²) in [5.74, 6) is -1.89. The van der Waals surface area contributed by atoms with Crippen molar-refractivity contribution in [2.75, 3.05) is 36.5 Å². The predicted molar refractivity (Wildman–Crippen MR) is 170 cm³/mol. The fourth-order valence-electron chi connectivity index (χ4n) is 6.42. The molecule has 5 atom stereocenters. The molecule has 2 aliphatic heterocycles. The van der Waals surface area contributed by atoms with E-state index >= 15 is 0 Å². The van der Waals surface area contributed by atoms with Crippen molar-refractivity contribution >= 4 is 28.9 Å². The molecule has 0 saturated carbocycles. The average Bonchev–Trinajstić information content (AvgIpc) is 3.93. The molecule has 0 aliphatic carbocycles. The van der Waals surface area contributed by atoms with Gasteiger partial charge in [0.1, 0.15) is 12.2 Å². The zero-order valence-corrected chi connectivity index (χ0v) is 26.0. The fraction of sp³-hybridized carbons (Fsp3) is 0.364. The zero-order chi connectivity index (χ0) is 34.1. The number of esters is 1. The molecular weight excluding hydrogens is 645 g/mol. The lowest BCUT2D eigenvalue weighted by Gasteiger charge is -2.23. The fourth-order valence-corrected chi connectivity index (χ4v) is 6.42. The summed E-state index contributed by atoms with van der Waals surface area (Å²) in [6.07, 6.45) is -4.32. The van der Waals surface area contributed by atoms with Crippen LogP contribution in [0.25, 0.3) is 11.2 Å². The van der Waals surface area contributed by atoms with Crippen molar-refractivity contribution in [3.8, 4) is 0 Å². The molecule has 0 radical (unpaired) electrons. The summed E-state index contributed by atoms with van der Waals surface area (Å²) in [5, 5.41) is 24.0. The average molecular weight is 679 g/mol. The van der Waals surface area contributed by atoms with Gasteiger partial charge in [0.05, 0.1) is 25.3 Å². The van der Waals surface area contributed by atoms with Crippen molar-refractivity contribution in [2.45, 2.75) is 49.1 Å². The molecule has 0 spiro atoms. The number of ether oxygens (including phenoxy) is 2. The molecule has 256 valence electrons. The first-order valence-electron chi connectivity index (χ1n) is 15.7. The number of hydrogen-bond donors (Lipinski definition) is 3. The Balaban J connectivity index is 1.27. The summed E-state index contributed by atoms with van der Waals surface area (Å²) in [7, 11) is 0. The number of anilines is 2. The lowest BCUT2D eigenvalue weighted by atomic mass is 9.91. The van der Waals surface area contributed by atoms with Gasteiger partial charge in [0.25, 0.3) is 0 Å². The van der Waals surface area contributed by atoms with Crippen LogP contribution in [0.2, 0.25) is 0 Å². The van der Waals surface area contributed by atoms with Crippen LogP contribution in [-0.4, -0.2) is 96.0 Å². The second-order valence-electron chi connectivity index (χ2n) is 12.0. The summed E-state index contributed by atoms with van der Waals surface area (Å²) in [5.41, 5.74) is 2.58. The van der Waals surface area contributed by atoms with Crippen LogP contribution in [0.3, 0.4) is 0 Å². The standard InChI is InChI=1S/C33H33F3N8O5/c34-33(35,36)31(47)49-27-26(46)24(17-45)48-30(27)44-19-39-25-28(38-15-23(20-7-3-1-4-8-20)21-9-5-2-6-10-21)40-32(41-29(25)44)42-13-11-22(16-42)43-14-12-37-18-43/h1-10,12,14,18-19,22-24,26-27,30,45-46H,11,13,15-17H2,(H,38,40,41)/t22-,24-,26-,27-,30-/m1/s1. The number of carbonyl (C=O) groups excluding carboxylic acids is 1. The van der Waals surface area contributed by atoms with Crippen LogP contribution in [0.5, 0.6) is 0 Å². The Morgan fingerprint density at radius 3 is 2.41 bits per heavy atom. The molecule has 5 heterocycles. The van der Waals surface area contributed by atoms with Gasteiger partial charge < -0.3 is 34.5 Å². The number of alkyl halides is 3. The van der Waals surface area contributed by atoms with Gasteiger partial charge in [-0.25, -0.2) is 14.8 Å². The van der Waals surface area contributed by atoms with E-state index in [1.807, 2.05) is 76.3 Å². The predicted octanol–water partition coefficient (Wildman–Crippen LogP) is 3.44. The van der Waals surface area contributed by atoms with Crippen LogP contribution in [-0.2, 0) is 14.3 Å². The van der Waals surface area contributed by atoms with Crippen LogP contribution in [0.4, 0.5) is 24.9 Å². The third kappa shape index (κ3) is 6.54. The van der Waals surface area contributed by atoms with Gasteiger partial charge in [-0.1, -0.05) is 60.7 Å². The van der Waals surface area contributed by atoms with Crippen molar-refractivity contribution in [2.24, 2.45) is 0 Å². The number of aliphatic hydroxyl groups excluding tert-OH is 2. The van der Waals surface area contributed by atoms with Crippen LogP contribution in [0.15, 0.2) is 85.7 Å². The quantitative estimate of drug-likeness (QED) is 0.186. The third-order valence-corrected chi connectivity index (χ3v) is 8.92. The van der Waals surface area contributed by atoms with E-state index in [1.165, 1.54) is 10.9 Å². The normalized spacial score (nSPS) is 22.7. The van der Waals surface area contributed by atoms with Crippen molar-refractivity contribution in [1.29, 1.82) is 0 Å². The van der Waals surface area contributed by atoms with E-state index in [9.17, 15) is 28.2 Å². The first-order chi connectivity index (χ1) is 23.7. The van der Waals surface area contributed by atoms with Gasteiger partial charge in [0, 0.05) is 37.9 Å². The number of imidazole rings is 2. The molecular formula is C33H33F3N8O5. The lowest BCUT2D eigenvalue weighted by molar-refractivity contribution is -0.211. The number of carbonyl (C=O) groups is 1. The van der Waals surface area contributed by atoms with Crippen molar-refractivity contribution in [3.63, 3.8) is 0 Å². The van der Waals surface area contributed by atoms with E-state index in [2.05, 4.69) is 15.3 Å². The summed E-state index contributed by atoms with van der Waals surface area (Å²) in [4.78, 5) is 32.2. The van der Waals surface area contributed by atoms with Crippen LogP contribution >= 0.6 is 0 Å². The number of nitrogens with zero attached hydrogens (tertiary/aromatic N) is 7. The highest BCUT2D eigenvalue weighted by molar-refractivity contribution is 5.84. The van der Waals surface area contributed by atoms with E-state index in [1.54, 1.807) is 12.5 Å². The highest BCUT2D eigenvalue weighted by Gasteiger charge is 2.51. The number of nitrogens with one attached hydrogen (secondary N) is 1. The minimum atomic E-state index is -5.32. The summed E-state index contributed by atoms with van der Waals surface area (Å²) in [6.45, 7) is 0.834. The maximum Gasteiger partial charge on any atom is 0.490 e. The second kappa shape index (κ2) is 13.4. The van der Waals surface area contributed by atoms with E-state index in [4.69, 9.17) is 19.4 Å². The maximum atomic E-state index is 13.2. The van der Waals surface area contributed by atoms with Crippen molar-refractivity contribution < 1.29 is 37.7 Å². The number of aliphatic hydroxyl groups is 2. The number of hydrogen-bond acceptors (Lipinski definition) is 11. The number of aromatic nitrogens is 6. The summed E-state index contributed by atoms with van der Waals surface area (Å²) in [6, 6.07) is 20.0. The highest BCUT2D eigenvalue weighted by Crippen LogP contribution is 2.37. The van der Waals surface area contributed by atoms with Crippen molar-refractivity contribution in [3.05, 3.63) is 96.8 Å². The monoisotopic (exact) mass is 678 g/mol. The van der Waals surface area contributed by atoms with E-state index in [0.717, 1.165) is 17.5 Å². The molecule has 3 aromatic heterocycles. The minimum Gasteiger partial charge on any atom is -0.448 e. The molecule has 2 aliphatic rings. The molecule has 2 aromatic carbocycles. The number of benzene rings is 2. The van der Waals surface area contributed by atoms with E-state index in [0.29, 0.717) is 31.4 Å². The molecule has 2 saturated heterocycles. The molecule has 13 nitrogen and oxygen atoms in total. The van der Waals surface area contributed by atoms with Gasteiger partial charge in [0.15, 0.2) is 29.3 Å². The largest absolute Gasteiger partial charge is 0.490 e. The smallest absolute Gasteiger partial charge is 0.448 e. The Morgan fingerprint density at radius 1 is 1.06 bits per heavy atom. The number of fused-ring (bicyclic) bond motifs is 1. The Kier molecular flexibility index (Phi) is 8.92. The molecule has 7 rings (SSSR count). The van der Waals surface area contributed by atoms with Crippen molar-refractivity contribution in [1.82, 2.24) is 29.1 Å². The Morgan fingerprint density at radius 2 is 1.78 bits per heavy atom. The Labute approximate surface area is 278 Å². The van der Waals surface area contributed by atoms with Gasteiger partial charge in [-0.15, -0.1) is 0 Å². The van der Waals surface area contributed by atoms with E-state index in [-0.39, 0.29) is 23.1 Å². The SMILES string of the molecule is O=C(O[C@@H]1[C@H](O)[C@@H](CO)O[C@H]1n1cnc2c(NCC(c3ccccc3)c3ccccc3)nc(N3CC[C@@H](n4ccnc4)C3)nc21)C(F)(F)F. The topological polar surface area (TPSA) is 153 Å². The first-order valence-corrected chi connectivity index (χ1v) is 15.7. The molecule has 5 aromatic rings. The third-order valence-electron chi connectivity index (χ3n) is 8.92. The molecule has 0 bridgehead atoms. The van der Waals surface area contributed by atoms with Gasteiger partial charge in [0.2, 0.25) is 5.95 Å². The van der Waals surface area contributed by atoms with Gasteiger partial charge in [-0.05, 0) is 17.5 Å². The molecule has 0 unspecified atom stereocenters. The first kappa shape index (κ1) is 32.5. The van der Waals surface area contributed by atoms with Gasteiger partial charge in [-0.2, -0.15) is 23.1 Å². The van der Waals surface area contributed by atoms with E-state index < -0.39 is 43.3 Å². The summed E-state index contributed by atoms with van der Waals surface area (Å²) >= 11 is 0. The number of rotatable bonds is 10.